The van der Waals surface area contributed by atoms with E-state index in [1.807, 2.05) is 0 Å². The Balaban J connectivity index is 0.000000138. The fourth-order valence-electron chi connectivity index (χ4n) is 3.90. The van der Waals surface area contributed by atoms with Crippen LogP contribution < -0.4 is 0 Å². The Kier molecular flexibility index (Phi) is 5.57. The van der Waals surface area contributed by atoms with Gasteiger partial charge in [0.2, 0.25) is 0 Å². The van der Waals surface area contributed by atoms with Gasteiger partial charge in [-0.1, -0.05) is 65.7 Å². The van der Waals surface area contributed by atoms with Gasteiger partial charge in [0.05, 0.1) is 0 Å². The minimum absolute atomic E-state index is 1.02. The fourth-order valence-corrected chi connectivity index (χ4v) is 3.90. The molecule has 3 saturated carbocycles. The van der Waals surface area contributed by atoms with Crippen LogP contribution in [-0.2, 0) is 0 Å². The summed E-state index contributed by atoms with van der Waals surface area (Å²) in [5.41, 5.74) is 0. The minimum atomic E-state index is 1.02. The molecule has 0 saturated heterocycles. The largest absolute Gasteiger partial charge is 0.0625 e. The summed E-state index contributed by atoms with van der Waals surface area (Å²) in [6, 6.07) is 0. The van der Waals surface area contributed by atoms with Gasteiger partial charge in [-0.25, -0.2) is 0 Å². The highest BCUT2D eigenvalue weighted by Gasteiger charge is 2.33. The molecule has 18 heavy (non-hydrogen) atoms. The smallest absolute Gasteiger partial charge is 0.0383 e. The summed E-state index contributed by atoms with van der Waals surface area (Å²) in [4.78, 5) is 0. The maximum atomic E-state index is 2.43. The van der Waals surface area contributed by atoms with Crippen molar-refractivity contribution in [3.8, 4) is 0 Å². The molecule has 0 aromatic heterocycles. The first-order valence-electron chi connectivity index (χ1n) is 8.65. The van der Waals surface area contributed by atoms with Crippen LogP contribution in [0.3, 0.4) is 0 Å². The van der Waals surface area contributed by atoms with Crippen LogP contribution in [0.4, 0.5) is 0 Å². The van der Waals surface area contributed by atoms with E-state index in [1.165, 1.54) is 44.4 Å². The van der Waals surface area contributed by atoms with Crippen LogP contribution in [-0.4, -0.2) is 0 Å². The van der Waals surface area contributed by atoms with Crippen molar-refractivity contribution in [3.05, 3.63) is 0 Å². The van der Waals surface area contributed by atoms with Crippen LogP contribution in [0.1, 0.15) is 85.0 Å². The summed E-state index contributed by atoms with van der Waals surface area (Å²) < 4.78 is 0. The Hall–Kier alpha value is 0. The highest BCUT2D eigenvalue weighted by Crippen LogP contribution is 2.45. The Morgan fingerprint density at radius 1 is 0.500 bits per heavy atom. The van der Waals surface area contributed by atoms with Gasteiger partial charge in [-0.2, -0.15) is 0 Å². The number of rotatable bonds is 1. The maximum Gasteiger partial charge on any atom is -0.0383 e. The summed E-state index contributed by atoms with van der Waals surface area (Å²) in [6.07, 6.45) is 15.1. The minimum Gasteiger partial charge on any atom is -0.0625 e. The standard InChI is InChI=1S/C10H18.C8H16/c1-8-3-2-4-10(7-8)9-5-6-9;1-7-3-5-8(2)6-4-7/h8-10H,2-7H2,1H3;7-8H,3-6H2,1-2H3. The van der Waals surface area contributed by atoms with Crippen LogP contribution in [0.25, 0.3) is 0 Å². The van der Waals surface area contributed by atoms with Crippen molar-refractivity contribution in [2.75, 3.05) is 0 Å². The quantitative estimate of drug-likeness (QED) is 0.531. The molecule has 0 heteroatoms. The predicted octanol–water partition coefficient (Wildman–Crippen LogP) is 6.06. The highest BCUT2D eigenvalue weighted by molar-refractivity contribution is 4.84. The second-order valence-corrected chi connectivity index (χ2v) is 7.73. The third kappa shape index (κ3) is 4.94. The molecule has 3 fully saturated rings. The fraction of sp³-hybridized carbons (Fsp3) is 1.00. The van der Waals surface area contributed by atoms with Crippen molar-refractivity contribution >= 4 is 0 Å². The van der Waals surface area contributed by atoms with Crippen LogP contribution in [0.2, 0.25) is 0 Å². The van der Waals surface area contributed by atoms with E-state index in [0.717, 1.165) is 23.7 Å². The summed E-state index contributed by atoms with van der Waals surface area (Å²) in [5.74, 6) is 5.39. The van der Waals surface area contributed by atoms with E-state index in [-0.39, 0.29) is 0 Å². The molecule has 3 rings (SSSR count). The molecule has 3 aliphatic carbocycles. The molecule has 0 amide bonds. The molecular formula is C18H34. The lowest BCUT2D eigenvalue weighted by molar-refractivity contribution is 0.257. The third-order valence-corrected chi connectivity index (χ3v) is 5.57. The van der Waals surface area contributed by atoms with Crippen LogP contribution >= 0.6 is 0 Å². The summed E-state index contributed by atoms with van der Waals surface area (Å²) >= 11 is 0. The Labute approximate surface area is 115 Å². The van der Waals surface area contributed by atoms with Crippen molar-refractivity contribution in [2.45, 2.75) is 85.0 Å². The highest BCUT2D eigenvalue weighted by atomic mass is 14.4. The molecule has 0 bridgehead atoms. The van der Waals surface area contributed by atoms with Gasteiger partial charge in [-0.3, -0.25) is 0 Å². The molecule has 0 aromatic rings. The molecule has 106 valence electrons. The lowest BCUT2D eigenvalue weighted by Crippen LogP contribution is -2.14. The molecule has 0 radical (unpaired) electrons. The van der Waals surface area contributed by atoms with E-state index in [4.69, 9.17) is 0 Å². The van der Waals surface area contributed by atoms with Crippen molar-refractivity contribution in [1.82, 2.24) is 0 Å². The number of hydrogen-bond acceptors (Lipinski definition) is 0. The van der Waals surface area contributed by atoms with E-state index in [9.17, 15) is 0 Å². The molecular weight excluding hydrogens is 216 g/mol. The first-order valence-corrected chi connectivity index (χ1v) is 8.65. The van der Waals surface area contributed by atoms with Crippen LogP contribution in [0.5, 0.6) is 0 Å². The van der Waals surface area contributed by atoms with Crippen molar-refractivity contribution < 1.29 is 0 Å². The van der Waals surface area contributed by atoms with Crippen LogP contribution in [0.15, 0.2) is 0 Å². The van der Waals surface area contributed by atoms with Gasteiger partial charge >= 0.3 is 0 Å². The summed E-state index contributed by atoms with van der Waals surface area (Å²) in [6.45, 7) is 7.16. The van der Waals surface area contributed by atoms with E-state index in [2.05, 4.69) is 20.8 Å². The third-order valence-electron chi connectivity index (χ3n) is 5.57. The molecule has 2 atom stereocenters. The van der Waals surface area contributed by atoms with Crippen molar-refractivity contribution in [1.29, 1.82) is 0 Å². The molecule has 0 N–H and O–H groups in total. The van der Waals surface area contributed by atoms with Crippen LogP contribution in [0, 0.1) is 29.6 Å². The zero-order valence-corrected chi connectivity index (χ0v) is 13.0. The molecule has 0 aliphatic heterocycles. The normalized spacial score (nSPS) is 40.8. The Morgan fingerprint density at radius 2 is 1.06 bits per heavy atom. The van der Waals surface area contributed by atoms with E-state index >= 15 is 0 Å². The van der Waals surface area contributed by atoms with Gasteiger partial charge in [0, 0.05) is 0 Å². The lowest BCUT2D eigenvalue weighted by atomic mass is 9.80. The summed E-state index contributed by atoms with van der Waals surface area (Å²) in [5, 5.41) is 0. The second kappa shape index (κ2) is 6.96. The zero-order valence-electron chi connectivity index (χ0n) is 13.0. The SMILES string of the molecule is CC1CCC(C)CC1.CC1CCCC(C2CC2)C1. The molecule has 0 aromatic carbocycles. The second-order valence-electron chi connectivity index (χ2n) is 7.73. The van der Waals surface area contributed by atoms with Gasteiger partial charge in [-0.15, -0.1) is 0 Å². The molecule has 0 spiro atoms. The van der Waals surface area contributed by atoms with E-state index < -0.39 is 0 Å². The van der Waals surface area contributed by atoms with Gasteiger partial charge in [0.15, 0.2) is 0 Å². The molecule has 2 unspecified atom stereocenters. The van der Waals surface area contributed by atoms with Gasteiger partial charge in [0.1, 0.15) is 0 Å². The number of hydrogen-bond donors (Lipinski definition) is 0. The lowest BCUT2D eigenvalue weighted by Gasteiger charge is -2.26. The topological polar surface area (TPSA) is 0 Å². The molecule has 0 heterocycles. The Bertz CT molecular complexity index is 210. The van der Waals surface area contributed by atoms with Gasteiger partial charge in [0.25, 0.3) is 0 Å². The predicted molar refractivity (Wildman–Crippen MR) is 80.6 cm³/mol. The van der Waals surface area contributed by atoms with E-state index in [0.29, 0.717) is 0 Å². The Morgan fingerprint density at radius 3 is 1.50 bits per heavy atom. The monoisotopic (exact) mass is 250 g/mol. The molecule has 3 aliphatic rings. The first kappa shape index (κ1) is 14.4. The first-order chi connectivity index (χ1) is 8.65. The van der Waals surface area contributed by atoms with Gasteiger partial charge in [-0.05, 0) is 48.9 Å². The van der Waals surface area contributed by atoms with Crippen molar-refractivity contribution in [3.63, 3.8) is 0 Å². The average Bonchev–Trinajstić information content (AvgIpc) is 3.18. The van der Waals surface area contributed by atoms with Gasteiger partial charge < -0.3 is 0 Å². The summed E-state index contributed by atoms with van der Waals surface area (Å²) in [7, 11) is 0. The zero-order chi connectivity index (χ0) is 13.0. The maximum absolute atomic E-state index is 2.43. The average molecular weight is 250 g/mol. The molecule has 0 nitrogen and oxygen atoms in total. The van der Waals surface area contributed by atoms with Crippen molar-refractivity contribution in [2.24, 2.45) is 29.6 Å². The van der Waals surface area contributed by atoms with E-state index in [1.54, 1.807) is 25.7 Å².